The summed E-state index contributed by atoms with van der Waals surface area (Å²) < 4.78 is 5.02. The fourth-order valence-electron chi connectivity index (χ4n) is 0.318. The zero-order valence-electron chi connectivity index (χ0n) is 5.59. The van der Waals surface area contributed by atoms with Crippen LogP contribution in [0.5, 0.6) is 0 Å². The molecule has 0 rings (SSSR count). The van der Waals surface area contributed by atoms with E-state index in [1.807, 2.05) is 20.8 Å². The topological polar surface area (TPSA) is 29.5 Å². The molecule has 0 amide bonds. The largest absolute Gasteiger partial charge is 0.350 e. The summed E-state index contributed by atoms with van der Waals surface area (Å²) in [6.45, 7) is 5.75. The van der Waals surface area contributed by atoms with Gasteiger partial charge in [-0.3, -0.25) is 0 Å². The highest BCUT2D eigenvalue weighted by molar-refractivity contribution is 7.46. The minimum Gasteiger partial charge on any atom is -0.350 e. The molecule has 0 bridgehead atoms. The second kappa shape index (κ2) is 4.25. The van der Waals surface area contributed by atoms with Crippen molar-refractivity contribution in [3.8, 4) is 0 Å². The van der Waals surface area contributed by atoms with Crippen LogP contribution >= 0.6 is 8.38 Å². The SMILES string of the molecule is CCP(O)OC(C)C. The van der Waals surface area contributed by atoms with Crippen LogP contribution in [-0.4, -0.2) is 17.2 Å². The van der Waals surface area contributed by atoms with Crippen LogP contribution in [0, 0.1) is 0 Å². The van der Waals surface area contributed by atoms with Crippen LogP contribution in [0.1, 0.15) is 20.8 Å². The van der Waals surface area contributed by atoms with E-state index in [1.165, 1.54) is 0 Å². The van der Waals surface area contributed by atoms with Gasteiger partial charge in [0.2, 0.25) is 0 Å². The highest BCUT2D eigenvalue weighted by Crippen LogP contribution is 2.31. The molecule has 1 N–H and O–H groups in total. The molecular weight excluding hydrogens is 123 g/mol. The average Bonchev–Trinajstić information content (AvgIpc) is 1.65. The number of hydrogen-bond acceptors (Lipinski definition) is 2. The molecule has 8 heavy (non-hydrogen) atoms. The number of hydrogen-bond donors (Lipinski definition) is 1. The highest BCUT2D eigenvalue weighted by atomic mass is 31.2. The normalized spacial score (nSPS) is 14.6. The fourth-order valence-corrected chi connectivity index (χ4v) is 0.954. The van der Waals surface area contributed by atoms with Crippen molar-refractivity contribution in [2.24, 2.45) is 0 Å². The van der Waals surface area contributed by atoms with Gasteiger partial charge in [0.05, 0.1) is 6.10 Å². The third-order valence-corrected chi connectivity index (χ3v) is 1.81. The molecule has 0 saturated carbocycles. The molecule has 1 atom stereocenters. The van der Waals surface area contributed by atoms with Gasteiger partial charge in [0.15, 0.2) is 8.38 Å². The van der Waals surface area contributed by atoms with E-state index in [1.54, 1.807) is 0 Å². The van der Waals surface area contributed by atoms with Crippen molar-refractivity contribution >= 4 is 8.38 Å². The molecule has 1 unspecified atom stereocenters. The molecule has 0 aliphatic rings. The van der Waals surface area contributed by atoms with Crippen molar-refractivity contribution in [2.45, 2.75) is 26.9 Å². The van der Waals surface area contributed by atoms with Gasteiger partial charge < -0.3 is 9.42 Å². The Hall–Kier alpha value is 0.350. The molecule has 0 saturated heterocycles. The van der Waals surface area contributed by atoms with Gasteiger partial charge in [-0.15, -0.1) is 0 Å². The Balaban J connectivity index is 3.10. The summed E-state index contributed by atoms with van der Waals surface area (Å²) >= 11 is 0. The van der Waals surface area contributed by atoms with E-state index in [-0.39, 0.29) is 6.10 Å². The fraction of sp³-hybridized carbons (Fsp3) is 1.00. The summed E-state index contributed by atoms with van der Waals surface area (Å²) in [5.41, 5.74) is 0. The molecule has 0 aromatic carbocycles. The second-order valence-corrected chi connectivity index (χ2v) is 3.37. The minimum absolute atomic E-state index is 0.158. The lowest BCUT2D eigenvalue weighted by Gasteiger charge is -2.10. The molecule has 0 heterocycles. The maximum Gasteiger partial charge on any atom is 0.167 e. The van der Waals surface area contributed by atoms with Crippen molar-refractivity contribution in [1.29, 1.82) is 0 Å². The first kappa shape index (κ1) is 8.35. The Morgan fingerprint density at radius 3 is 2.25 bits per heavy atom. The zero-order chi connectivity index (χ0) is 6.57. The third kappa shape index (κ3) is 4.51. The molecular formula is C5H13O2P. The van der Waals surface area contributed by atoms with Gasteiger partial charge in [-0.05, 0) is 13.8 Å². The van der Waals surface area contributed by atoms with Crippen molar-refractivity contribution in [1.82, 2.24) is 0 Å². The Kier molecular flexibility index (Phi) is 4.44. The lowest BCUT2D eigenvalue weighted by molar-refractivity contribution is 0.241. The maximum absolute atomic E-state index is 8.87. The second-order valence-electron chi connectivity index (χ2n) is 1.82. The molecule has 0 aromatic heterocycles. The summed E-state index contributed by atoms with van der Waals surface area (Å²) in [5.74, 6) is 0. The smallest absolute Gasteiger partial charge is 0.167 e. The standard InChI is InChI=1S/C5H13O2P/c1-4-8(6)7-5(2)3/h5-6H,4H2,1-3H3. The molecule has 0 radical (unpaired) electrons. The summed E-state index contributed by atoms with van der Waals surface area (Å²) in [7, 11) is -1.12. The van der Waals surface area contributed by atoms with Crippen LogP contribution in [-0.2, 0) is 4.52 Å². The first-order valence-electron chi connectivity index (χ1n) is 2.80. The zero-order valence-corrected chi connectivity index (χ0v) is 6.48. The monoisotopic (exact) mass is 136 g/mol. The summed E-state index contributed by atoms with van der Waals surface area (Å²) in [6.07, 6.45) is 0.888. The van der Waals surface area contributed by atoms with E-state index < -0.39 is 8.38 Å². The van der Waals surface area contributed by atoms with Gasteiger partial charge in [0, 0.05) is 6.16 Å². The highest BCUT2D eigenvalue weighted by Gasteiger charge is 2.01. The molecule has 50 valence electrons. The predicted octanol–water partition coefficient (Wildman–Crippen LogP) is 1.74. The Morgan fingerprint density at radius 1 is 1.62 bits per heavy atom. The molecule has 0 aliphatic carbocycles. The van der Waals surface area contributed by atoms with Gasteiger partial charge >= 0.3 is 0 Å². The van der Waals surface area contributed by atoms with E-state index >= 15 is 0 Å². The van der Waals surface area contributed by atoms with Gasteiger partial charge in [-0.1, -0.05) is 6.92 Å². The Morgan fingerprint density at radius 2 is 2.12 bits per heavy atom. The first-order valence-corrected chi connectivity index (χ1v) is 4.19. The third-order valence-electron chi connectivity index (χ3n) is 0.603. The Bertz CT molecular complexity index is 56.4. The molecule has 0 spiro atoms. The van der Waals surface area contributed by atoms with Crippen LogP contribution in [0.2, 0.25) is 0 Å². The average molecular weight is 136 g/mol. The van der Waals surface area contributed by atoms with E-state index in [9.17, 15) is 0 Å². The molecule has 2 nitrogen and oxygen atoms in total. The molecule has 0 fully saturated rings. The van der Waals surface area contributed by atoms with Crippen LogP contribution in [0.4, 0.5) is 0 Å². The predicted molar refractivity (Wildman–Crippen MR) is 35.9 cm³/mol. The lowest BCUT2D eigenvalue weighted by Crippen LogP contribution is -1.97. The molecule has 0 aliphatic heterocycles. The summed E-state index contributed by atoms with van der Waals surface area (Å²) in [6, 6.07) is 0. The van der Waals surface area contributed by atoms with Crippen LogP contribution in [0.15, 0.2) is 0 Å². The van der Waals surface area contributed by atoms with Gasteiger partial charge in [0.1, 0.15) is 0 Å². The lowest BCUT2D eigenvalue weighted by atomic mass is 10.5. The quantitative estimate of drug-likeness (QED) is 0.599. The molecule has 3 heteroatoms. The van der Waals surface area contributed by atoms with Crippen LogP contribution < -0.4 is 0 Å². The van der Waals surface area contributed by atoms with E-state index in [4.69, 9.17) is 9.42 Å². The summed E-state index contributed by atoms with van der Waals surface area (Å²) in [5, 5.41) is 0. The van der Waals surface area contributed by atoms with E-state index in [2.05, 4.69) is 0 Å². The van der Waals surface area contributed by atoms with Gasteiger partial charge in [-0.25, -0.2) is 0 Å². The van der Waals surface area contributed by atoms with Crippen LogP contribution in [0.25, 0.3) is 0 Å². The minimum atomic E-state index is -1.12. The Labute approximate surface area is 51.8 Å². The number of rotatable bonds is 3. The van der Waals surface area contributed by atoms with Crippen molar-refractivity contribution in [3.63, 3.8) is 0 Å². The van der Waals surface area contributed by atoms with Crippen LogP contribution in [0.3, 0.4) is 0 Å². The first-order chi connectivity index (χ1) is 3.66. The molecule has 0 aromatic rings. The van der Waals surface area contributed by atoms with E-state index in [0.717, 1.165) is 6.16 Å². The van der Waals surface area contributed by atoms with Gasteiger partial charge in [0.25, 0.3) is 0 Å². The van der Waals surface area contributed by atoms with E-state index in [0.29, 0.717) is 0 Å². The van der Waals surface area contributed by atoms with Crippen molar-refractivity contribution in [2.75, 3.05) is 6.16 Å². The van der Waals surface area contributed by atoms with Crippen molar-refractivity contribution in [3.05, 3.63) is 0 Å². The van der Waals surface area contributed by atoms with Gasteiger partial charge in [-0.2, -0.15) is 0 Å². The summed E-state index contributed by atoms with van der Waals surface area (Å²) in [4.78, 5) is 8.87. The van der Waals surface area contributed by atoms with Crippen molar-refractivity contribution < 1.29 is 9.42 Å². The maximum atomic E-state index is 8.87.